The van der Waals surface area contributed by atoms with Crippen molar-refractivity contribution in [2.45, 2.75) is 26.4 Å². The van der Waals surface area contributed by atoms with Crippen molar-refractivity contribution in [3.63, 3.8) is 0 Å². The Labute approximate surface area is 79.7 Å². The molecule has 0 saturated heterocycles. The lowest BCUT2D eigenvalue weighted by Gasteiger charge is -2.11. The molecule has 74 valence electrons. The molecule has 0 bridgehead atoms. The quantitative estimate of drug-likeness (QED) is 0.666. The molecule has 0 heterocycles. The van der Waals surface area contributed by atoms with Crippen molar-refractivity contribution in [1.29, 1.82) is 0 Å². The summed E-state index contributed by atoms with van der Waals surface area (Å²) in [5.41, 5.74) is 0. The minimum Gasteiger partial charge on any atom is -0.390 e. The molecule has 0 rings (SSSR count). The van der Waals surface area contributed by atoms with Crippen LogP contribution in [0.4, 0.5) is 0 Å². The maximum Gasteiger partial charge on any atom is 0.0863 e. The molecule has 0 aromatic rings. The highest BCUT2D eigenvalue weighted by Gasteiger charge is 2.04. The van der Waals surface area contributed by atoms with E-state index in [1.807, 2.05) is 0 Å². The molecule has 2 unspecified atom stereocenters. The molecule has 0 aliphatic heterocycles. The van der Waals surface area contributed by atoms with Gasteiger partial charge in [-0.15, -0.1) is 0 Å². The second kappa shape index (κ2) is 7.90. The Hall–Kier alpha value is 0.270. The molecule has 2 atom stereocenters. The minimum atomic E-state index is -0.302. The number of methoxy groups -OCH3 is 1. The molecule has 1 N–H and O–H groups in total. The van der Waals surface area contributed by atoms with E-state index in [1.54, 1.807) is 18.9 Å². The van der Waals surface area contributed by atoms with Gasteiger partial charge in [-0.1, -0.05) is 20.3 Å². The number of rotatable bonds is 7. The van der Waals surface area contributed by atoms with E-state index in [2.05, 4.69) is 13.8 Å². The third kappa shape index (κ3) is 6.95. The van der Waals surface area contributed by atoms with E-state index in [1.165, 1.54) is 6.42 Å². The fourth-order valence-electron chi connectivity index (χ4n) is 0.764. The molecule has 0 spiro atoms. The van der Waals surface area contributed by atoms with E-state index >= 15 is 0 Å². The van der Waals surface area contributed by atoms with Crippen molar-refractivity contribution in [2.75, 3.05) is 25.2 Å². The smallest absolute Gasteiger partial charge is 0.0863 e. The summed E-state index contributed by atoms with van der Waals surface area (Å²) in [5, 5.41) is 9.29. The highest BCUT2D eigenvalue weighted by molar-refractivity contribution is 7.99. The van der Waals surface area contributed by atoms with Gasteiger partial charge in [0.2, 0.25) is 0 Å². The molecule has 12 heavy (non-hydrogen) atoms. The lowest BCUT2D eigenvalue weighted by molar-refractivity contribution is 0.0794. The van der Waals surface area contributed by atoms with Crippen LogP contribution in [0.15, 0.2) is 0 Å². The minimum absolute atomic E-state index is 0.302. The van der Waals surface area contributed by atoms with Crippen LogP contribution >= 0.6 is 11.8 Å². The van der Waals surface area contributed by atoms with Crippen molar-refractivity contribution in [3.05, 3.63) is 0 Å². The van der Waals surface area contributed by atoms with Gasteiger partial charge in [0.15, 0.2) is 0 Å². The third-order valence-electron chi connectivity index (χ3n) is 1.77. The van der Waals surface area contributed by atoms with Crippen LogP contribution < -0.4 is 0 Å². The van der Waals surface area contributed by atoms with Crippen LogP contribution in [0.5, 0.6) is 0 Å². The average Bonchev–Trinajstić information content (AvgIpc) is 2.04. The SMILES string of the molecule is CCC(C)CSCC(O)COC. The first-order valence-corrected chi connectivity index (χ1v) is 5.60. The van der Waals surface area contributed by atoms with Crippen molar-refractivity contribution >= 4 is 11.8 Å². The number of aliphatic hydroxyl groups is 1. The largest absolute Gasteiger partial charge is 0.390 e. The first-order valence-electron chi connectivity index (χ1n) is 4.45. The van der Waals surface area contributed by atoms with Crippen molar-refractivity contribution < 1.29 is 9.84 Å². The van der Waals surface area contributed by atoms with Gasteiger partial charge in [-0.05, 0) is 11.7 Å². The van der Waals surface area contributed by atoms with Gasteiger partial charge in [-0.2, -0.15) is 11.8 Å². The van der Waals surface area contributed by atoms with Crippen molar-refractivity contribution in [2.24, 2.45) is 5.92 Å². The van der Waals surface area contributed by atoms with Crippen LogP contribution in [0, 0.1) is 5.92 Å². The Morgan fingerprint density at radius 3 is 2.58 bits per heavy atom. The van der Waals surface area contributed by atoms with Crippen LogP contribution in [0.2, 0.25) is 0 Å². The first-order chi connectivity index (χ1) is 5.70. The molecular weight excluding hydrogens is 172 g/mol. The number of hydrogen-bond donors (Lipinski definition) is 1. The predicted octanol–water partition coefficient (Wildman–Crippen LogP) is 1.77. The normalized spacial score (nSPS) is 16.0. The predicted molar refractivity (Wildman–Crippen MR) is 54.7 cm³/mol. The number of aliphatic hydroxyl groups excluding tert-OH is 1. The van der Waals surface area contributed by atoms with Crippen molar-refractivity contribution in [3.8, 4) is 0 Å². The summed E-state index contributed by atoms with van der Waals surface area (Å²) < 4.78 is 4.82. The van der Waals surface area contributed by atoms with Crippen LogP contribution in [-0.4, -0.2) is 36.4 Å². The summed E-state index contributed by atoms with van der Waals surface area (Å²) in [6, 6.07) is 0. The van der Waals surface area contributed by atoms with E-state index in [-0.39, 0.29) is 6.10 Å². The second-order valence-corrected chi connectivity index (χ2v) is 4.23. The zero-order valence-corrected chi connectivity index (χ0v) is 9.06. The second-order valence-electron chi connectivity index (χ2n) is 3.16. The number of ether oxygens (including phenoxy) is 1. The first kappa shape index (κ1) is 12.3. The summed E-state index contributed by atoms with van der Waals surface area (Å²) in [6.07, 6.45) is 0.914. The number of hydrogen-bond acceptors (Lipinski definition) is 3. The number of thioether (sulfide) groups is 1. The molecule has 0 fully saturated rings. The molecule has 0 aromatic heterocycles. The van der Waals surface area contributed by atoms with Gasteiger partial charge >= 0.3 is 0 Å². The third-order valence-corrected chi connectivity index (χ3v) is 3.19. The van der Waals surface area contributed by atoms with Crippen LogP contribution in [0.1, 0.15) is 20.3 Å². The molecule has 0 radical (unpaired) electrons. The van der Waals surface area contributed by atoms with E-state index in [4.69, 9.17) is 4.74 Å². The highest BCUT2D eigenvalue weighted by Crippen LogP contribution is 2.12. The highest BCUT2D eigenvalue weighted by atomic mass is 32.2. The monoisotopic (exact) mass is 192 g/mol. The lowest BCUT2D eigenvalue weighted by Crippen LogP contribution is -2.17. The topological polar surface area (TPSA) is 29.5 Å². The van der Waals surface area contributed by atoms with Gasteiger partial charge in [0, 0.05) is 12.9 Å². The summed E-state index contributed by atoms with van der Waals surface area (Å²) in [6.45, 7) is 4.88. The maximum atomic E-state index is 9.29. The Kier molecular flexibility index (Phi) is 8.07. The summed E-state index contributed by atoms with van der Waals surface area (Å²) in [4.78, 5) is 0. The van der Waals surface area contributed by atoms with E-state index in [0.717, 1.165) is 17.4 Å². The van der Waals surface area contributed by atoms with Gasteiger partial charge in [0.05, 0.1) is 12.7 Å². The lowest BCUT2D eigenvalue weighted by atomic mass is 10.2. The maximum absolute atomic E-state index is 9.29. The van der Waals surface area contributed by atoms with Crippen LogP contribution in [-0.2, 0) is 4.74 Å². The Morgan fingerprint density at radius 2 is 2.08 bits per heavy atom. The Balaban J connectivity index is 3.18. The fraction of sp³-hybridized carbons (Fsp3) is 1.00. The van der Waals surface area contributed by atoms with Gasteiger partial charge in [-0.25, -0.2) is 0 Å². The Bertz CT molecular complexity index is 98.5. The molecular formula is C9H20O2S. The van der Waals surface area contributed by atoms with Crippen LogP contribution in [0.3, 0.4) is 0 Å². The van der Waals surface area contributed by atoms with Crippen molar-refractivity contribution in [1.82, 2.24) is 0 Å². The van der Waals surface area contributed by atoms with Gasteiger partial charge in [0.1, 0.15) is 0 Å². The van der Waals surface area contributed by atoms with Gasteiger partial charge in [0.25, 0.3) is 0 Å². The molecule has 0 saturated carbocycles. The molecule has 0 amide bonds. The molecule has 0 aliphatic carbocycles. The fourth-order valence-corrected chi connectivity index (χ4v) is 1.91. The molecule has 2 nitrogen and oxygen atoms in total. The van der Waals surface area contributed by atoms with Gasteiger partial charge in [-0.3, -0.25) is 0 Å². The van der Waals surface area contributed by atoms with Gasteiger partial charge < -0.3 is 9.84 Å². The zero-order chi connectivity index (χ0) is 9.40. The standard InChI is InChI=1S/C9H20O2S/c1-4-8(2)6-12-7-9(10)5-11-3/h8-10H,4-7H2,1-3H3. The van der Waals surface area contributed by atoms with E-state index in [9.17, 15) is 5.11 Å². The van der Waals surface area contributed by atoms with E-state index in [0.29, 0.717) is 6.61 Å². The Morgan fingerprint density at radius 1 is 1.42 bits per heavy atom. The molecule has 0 aliphatic rings. The average molecular weight is 192 g/mol. The van der Waals surface area contributed by atoms with E-state index < -0.39 is 0 Å². The zero-order valence-electron chi connectivity index (χ0n) is 8.25. The summed E-state index contributed by atoms with van der Waals surface area (Å²) in [5.74, 6) is 2.68. The summed E-state index contributed by atoms with van der Waals surface area (Å²) in [7, 11) is 1.61. The van der Waals surface area contributed by atoms with Crippen LogP contribution in [0.25, 0.3) is 0 Å². The molecule has 0 aromatic carbocycles. The molecule has 3 heteroatoms. The summed E-state index contributed by atoms with van der Waals surface area (Å²) >= 11 is 1.80.